The van der Waals surface area contributed by atoms with E-state index in [-0.39, 0.29) is 5.82 Å². The molecule has 1 aliphatic heterocycles. The topological polar surface area (TPSA) is 133 Å². The van der Waals surface area contributed by atoms with Crippen molar-refractivity contribution >= 4 is 26.9 Å². The molecule has 0 radical (unpaired) electrons. The lowest BCUT2D eigenvalue weighted by atomic mass is 10.0. The first-order valence-electron chi connectivity index (χ1n) is 8.90. The fourth-order valence-corrected chi connectivity index (χ4v) is 4.44. The van der Waals surface area contributed by atoms with Gasteiger partial charge in [0.05, 0.1) is 18.0 Å². The third kappa shape index (κ3) is 2.95. The molecular weight excluding hydrogens is 394 g/mol. The number of pyridine rings is 1. The lowest BCUT2D eigenvalue weighted by Crippen LogP contribution is -2.35. The lowest BCUT2D eigenvalue weighted by Gasteiger charge is -2.27. The van der Waals surface area contributed by atoms with E-state index in [1.807, 2.05) is 28.8 Å². The number of rotatable bonds is 3. The Balaban J connectivity index is 1.70. The molecule has 0 fully saturated rings. The summed E-state index contributed by atoms with van der Waals surface area (Å²) in [6.45, 7) is 0.816. The maximum atomic E-state index is 12.0. The van der Waals surface area contributed by atoms with Crippen molar-refractivity contribution < 1.29 is 13.0 Å². The number of benzene rings is 1. The van der Waals surface area contributed by atoms with E-state index >= 15 is 0 Å². The number of sulfonamides is 1. The minimum Gasteiger partial charge on any atom is -0.379 e. The Bertz CT molecular complexity index is 1340. The highest BCUT2D eigenvalue weighted by Crippen LogP contribution is 2.31. The van der Waals surface area contributed by atoms with Crippen LogP contribution in [0.5, 0.6) is 0 Å². The van der Waals surface area contributed by atoms with Gasteiger partial charge in [0.25, 0.3) is 0 Å². The third-order valence-corrected chi connectivity index (χ3v) is 6.33. The first-order valence-corrected chi connectivity index (χ1v) is 10.7. The zero-order valence-electron chi connectivity index (χ0n) is 15.5. The van der Waals surface area contributed by atoms with Crippen molar-refractivity contribution in [2.45, 2.75) is 13.0 Å². The quantitative estimate of drug-likeness (QED) is 0.534. The molecule has 5 rings (SSSR count). The number of imidazole rings is 1. The SMILES string of the molecule is CS(=O)(=O)N1CCc2ccc(-n3c(-c4nonc4N)nc4cnccc43)cc2C1. The number of aromatic nitrogens is 5. The molecule has 3 aromatic heterocycles. The summed E-state index contributed by atoms with van der Waals surface area (Å²) >= 11 is 0. The molecule has 0 spiro atoms. The number of nitrogens with zero attached hydrogens (tertiary/aromatic N) is 6. The highest BCUT2D eigenvalue weighted by Gasteiger charge is 2.25. The van der Waals surface area contributed by atoms with Crippen molar-refractivity contribution in [2.75, 3.05) is 18.5 Å². The van der Waals surface area contributed by atoms with Crippen LogP contribution >= 0.6 is 0 Å². The minimum absolute atomic E-state index is 0.135. The van der Waals surface area contributed by atoms with Crippen molar-refractivity contribution in [3.63, 3.8) is 0 Å². The molecule has 0 aliphatic carbocycles. The minimum atomic E-state index is -3.26. The summed E-state index contributed by atoms with van der Waals surface area (Å²) in [5, 5.41) is 7.55. The van der Waals surface area contributed by atoms with E-state index in [9.17, 15) is 8.42 Å². The number of hydrogen-bond donors (Lipinski definition) is 1. The van der Waals surface area contributed by atoms with Crippen LogP contribution in [-0.2, 0) is 23.0 Å². The maximum absolute atomic E-state index is 12.0. The van der Waals surface area contributed by atoms with Crippen molar-refractivity contribution in [3.05, 3.63) is 47.8 Å². The number of anilines is 1. The predicted octanol–water partition coefficient (Wildman–Crippen LogP) is 1.37. The molecule has 0 saturated carbocycles. The summed E-state index contributed by atoms with van der Waals surface area (Å²) in [6.07, 6.45) is 5.24. The summed E-state index contributed by atoms with van der Waals surface area (Å²) in [4.78, 5) is 8.74. The normalized spacial score (nSPS) is 14.9. The molecule has 148 valence electrons. The van der Waals surface area contributed by atoms with Crippen molar-refractivity contribution in [1.29, 1.82) is 0 Å². The van der Waals surface area contributed by atoms with Gasteiger partial charge in [0.1, 0.15) is 5.52 Å². The largest absolute Gasteiger partial charge is 0.379 e. The maximum Gasteiger partial charge on any atom is 0.211 e. The molecule has 2 N–H and O–H groups in total. The number of nitrogen functional groups attached to an aromatic ring is 1. The Hall–Kier alpha value is -3.31. The van der Waals surface area contributed by atoms with Crippen molar-refractivity contribution in [3.8, 4) is 17.2 Å². The third-order valence-electron chi connectivity index (χ3n) is 5.08. The van der Waals surface area contributed by atoms with Gasteiger partial charge in [-0.3, -0.25) is 9.55 Å². The number of fused-ring (bicyclic) bond motifs is 2. The van der Waals surface area contributed by atoms with E-state index < -0.39 is 10.0 Å². The highest BCUT2D eigenvalue weighted by atomic mass is 32.2. The van der Waals surface area contributed by atoms with E-state index in [1.165, 1.54) is 10.6 Å². The molecule has 10 nitrogen and oxygen atoms in total. The monoisotopic (exact) mass is 411 g/mol. The molecule has 0 unspecified atom stereocenters. The summed E-state index contributed by atoms with van der Waals surface area (Å²) in [5.74, 6) is 0.609. The second kappa shape index (κ2) is 6.36. The molecule has 0 amide bonds. The van der Waals surface area contributed by atoms with Crippen LogP contribution < -0.4 is 5.73 Å². The molecule has 0 saturated heterocycles. The van der Waals surface area contributed by atoms with Gasteiger partial charge in [0.15, 0.2) is 17.3 Å². The summed E-state index contributed by atoms with van der Waals surface area (Å²) in [6, 6.07) is 7.81. The fourth-order valence-electron chi connectivity index (χ4n) is 3.64. The van der Waals surface area contributed by atoms with Gasteiger partial charge < -0.3 is 5.73 Å². The molecular formula is C18H17N7O3S. The first-order chi connectivity index (χ1) is 13.9. The van der Waals surface area contributed by atoms with Gasteiger partial charge in [0.2, 0.25) is 10.0 Å². The highest BCUT2D eigenvalue weighted by molar-refractivity contribution is 7.88. The van der Waals surface area contributed by atoms with Crippen molar-refractivity contribution in [2.24, 2.45) is 0 Å². The van der Waals surface area contributed by atoms with Gasteiger partial charge >= 0.3 is 0 Å². The Morgan fingerprint density at radius 1 is 1.17 bits per heavy atom. The van der Waals surface area contributed by atoms with Crippen molar-refractivity contribution in [1.82, 2.24) is 29.2 Å². The molecule has 4 aromatic rings. The molecule has 29 heavy (non-hydrogen) atoms. The zero-order valence-corrected chi connectivity index (χ0v) is 16.3. The Morgan fingerprint density at radius 2 is 2.03 bits per heavy atom. The standard InChI is InChI=1S/C18H17N7O3S/c1-29(26,27)24-7-5-11-2-3-13(8-12(11)10-24)25-15-4-6-20-9-14(15)21-18(25)16-17(19)23-28-22-16/h2-4,6,8-9H,5,7,10H2,1H3,(H2,19,23). The lowest BCUT2D eigenvalue weighted by molar-refractivity contribution is 0.310. The Labute approximate surface area is 166 Å². The fraction of sp³-hybridized carbons (Fsp3) is 0.222. The molecule has 0 bridgehead atoms. The van der Waals surface area contributed by atoms with Crippen LogP contribution in [0.4, 0.5) is 5.82 Å². The van der Waals surface area contributed by atoms with Crippen LogP contribution in [0.3, 0.4) is 0 Å². The van der Waals surface area contributed by atoms with Crippen LogP contribution in [0.15, 0.2) is 41.3 Å². The number of nitrogens with two attached hydrogens (primary N) is 1. The second-order valence-electron chi connectivity index (χ2n) is 6.93. The van der Waals surface area contributed by atoms with Gasteiger partial charge in [0, 0.05) is 25.0 Å². The Morgan fingerprint density at radius 3 is 2.79 bits per heavy atom. The summed E-state index contributed by atoms with van der Waals surface area (Å²) in [7, 11) is -3.26. The van der Waals surface area contributed by atoms with E-state index in [0.717, 1.165) is 22.3 Å². The van der Waals surface area contributed by atoms with E-state index in [4.69, 9.17) is 10.4 Å². The van der Waals surface area contributed by atoms with Gasteiger partial charge in [-0.2, -0.15) is 4.31 Å². The predicted molar refractivity (Wildman–Crippen MR) is 106 cm³/mol. The molecule has 4 heterocycles. The first kappa shape index (κ1) is 17.8. The van der Waals surface area contributed by atoms with Crippen LogP contribution in [0.25, 0.3) is 28.2 Å². The summed E-state index contributed by atoms with van der Waals surface area (Å²) < 4.78 is 32.1. The molecule has 1 aliphatic rings. The molecule has 11 heteroatoms. The van der Waals surface area contributed by atoms with E-state index in [1.54, 1.807) is 12.4 Å². The van der Waals surface area contributed by atoms with Gasteiger partial charge in [-0.15, -0.1) is 0 Å². The van der Waals surface area contributed by atoms with Gasteiger partial charge in [-0.1, -0.05) is 6.07 Å². The number of hydrogen-bond acceptors (Lipinski definition) is 8. The van der Waals surface area contributed by atoms with Gasteiger partial charge in [-0.25, -0.2) is 18.0 Å². The van der Waals surface area contributed by atoms with Gasteiger partial charge in [-0.05, 0) is 46.1 Å². The van der Waals surface area contributed by atoms with Crippen LogP contribution in [-0.4, -0.2) is 50.4 Å². The van der Waals surface area contributed by atoms with Crippen LogP contribution in [0.2, 0.25) is 0 Å². The van der Waals surface area contributed by atoms with Crippen LogP contribution in [0, 0.1) is 0 Å². The Kier molecular flexibility index (Phi) is 3.89. The van der Waals surface area contributed by atoms with E-state index in [0.29, 0.717) is 36.5 Å². The van der Waals surface area contributed by atoms with E-state index in [2.05, 4.69) is 20.3 Å². The molecule has 0 atom stereocenters. The average Bonchev–Trinajstić information content (AvgIpc) is 3.29. The molecule has 1 aromatic carbocycles. The average molecular weight is 411 g/mol. The smallest absolute Gasteiger partial charge is 0.211 e. The summed E-state index contributed by atoms with van der Waals surface area (Å²) in [5.41, 5.74) is 10.6. The van der Waals surface area contributed by atoms with Crippen LogP contribution in [0.1, 0.15) is 11.1 Å². The second-order valence-corrected chi connectivity index (χ2v) is 8.92. The zero-order chi connectivity index (χ0) is 20.2.